The van der Waals surface area contributed by atoms with E-state index < -0.39 is 0 Å². The maximum atomic E-state index is 4.30. The summed E-state index contributed by atoms with van der Waals surface area (Å²) in [4.78, 5) is 0. The summed E-state index contributed by atoms with van der Waals surface area (Å²) in [6, 6.07) is 2.14. The van der Waals surface area contributed by atoms with Gasteiger partial charge in [-0.2, -0.15) is 5.10 Å². The third kappa shape index (κ3) is 2.11. The van der Waals surface area contributed by atoms with Crippen LogP contribution in [0.5, 0.6) is 0 Å². The molecule has 0 fully saturated rings. The van der Waals surface area contributed by atoms with E-state index in [1.54, 1.807) is 0 Å². The minimum atomic E-state index is 0.265. The smallest absolute Gasteiger partial charge is 0.0492 e. The Hall–Kier alpha value is -0.790. The predicted molar refractivity (Wildman–Crippen MR) is 55.8 cm³/mol. The van der Waals surface area contributed by atoms with Crippen molar-refractivity contribution in [1.82, 2.24) is 9.78 Å². The zero-order chi connectivity index (χ0) is 9.90. The van der Waals surface area contributed by atoms with Gasteiger partial charge in [-0.05, 0) is 19.4 Å². The Kier molecular flexibility index (Phi) is 3.12. The number of rotatable bonds is 4. The summed E-state index contributed by atoms with van der Waals surface area (Å²) in [6.07, 6.45) is 4.34. The molecule has 0 amide bonds. The number of nitrogens with zero attached hydrogens (tertiary/aromatic N) is 2. The molecule has 13 heavy (non-hydrogen) atoms. The lowest BCUT2D eigenvalue weighted by molar-refractivity contribution is 0.424. The van der Waals surface area contributed by atoms with Crippen molar-refractivity contribution in [2.75, 3.05) is 0 Å². The molecule has 0 unspecified atom stereocenters. The Morgan fingerprint density at radius 2 is 2.08 bits per heavy atom. The second-order valence-corrected chi connectivity index (χ2v) is 4.17. The molecule has 0 saturated carbocycles. The van der Waals surface area contributed by atoms with Crippen LogP contribution in [0.4, 0.5) is 0 Å². The molecule has 0 aromatic carbocycles. The van der Waals surface area contributed by atoms with Crippen LogP contribution < -0.4 is 0 Å². The zero-order valence-corrected chi connectivity index (χ0v) is 9.17. The Morgan fingerprint density at radius 3 is 2.62 bits per heavy atom. The van der Waals surface area contributed by atoms with Gasteiger partial charge in [-0.15, -0.1) is 0 Å². The summed E-state index contributed by atoms with van der Waals surface area (Å²) >= 11 is 0. The molecule has 74 valence electrons. The van der Waals surface area contributed by atoms with Gasteiger partial charge in [0.15, 0.2) is 0 Å². The average Bonchev–Trinajstić information content (AvgIpc) is 2.51. The standard InChI is InChI=1S/C11H20N2/c1-5-8-11(3,4)10-7-9-12-13(10)6-2/h7,9H,5-6,8H2,1-4H3. The number of aryl methyl sites for hydroxylation is 1. The van der Waals surface area contributed by atoms with E-state index in [0.717, 1.165) is 6.54 Å². The fraction of sp³-hybridized carbons (Fsp3) is 0.727. The zero-order valence-electron chi connectivity index (χ0n) is 9.17. The maximum absolute atomic E-state index is 4.30. The summed E-state index contributed by atoms with van der Waals surface area (Å²) in [5, 5.41) is 4.30. The maximum Gasteiger partial charge on any atom is 0.0492 e. The largest absolute Gasteiger partial charge is 0.269 e. The first-order valence-corrected chi connectivity index (χ1v) is 5.14. The van der Waals surface area contributed by atoms with Crippen LogP contribution in [0.3, 0.4) is 0 Å². The molecular weight excluding hydrogens is 160 g/mol. The van der Waals surface area contributed by atoms with Gasteiger partial charge in [0.05, 0.1) is 0 Å². The van der Waals surface area contributed by atoms with Crippen LogP contribution in [0.15, 0.2) is 12.3 Å². The number of hydrogen-bond acceptors (Lipinski definition) is 1. The lowest BCUT2D eigenvalue weighted by Gasteiger charge is -2.24. The lowest BCUT2D eigenvalue weighted by Crippen LogP contribution is -2.21. The normalized spacial score (nSPS) is 12.0. The average molecular weight is 180 g/mol. The van der Waals surface area contributed by atoms with Crippen LogP contribution in [0.25, 0.3) is 0 Å². The summed E-state index contributed by atoms with van der Waals surface area (Å²) in [5.41, 5.74) is 1.62. The van der Waals surface area contributed by atoms with Gasteiger partial charge >= 0.3 is 0 Å². The van der Waals surface area contributed by atoms with Crippen LogP contribution >= 0.6 is 0 Å². The monoisotopic (exact) mass is 180 g/mol. The highest BCUT2D eigenvalue weighted by molar-refractivity contribution is 5.13. The third-order valence-electron chi connectivity index (χ3n) is 2.58. The Bertz CT molecular complexity index is 261. The van der Waals surface area contributed by atoms with Crippen LogP contribution in [0, 0.1) is 0 Å². The van der Waals surface area contributed by atoms with E-state index in [0.29, 0.717) is 0 Å². The molecule has 1 aromatic rings. The predicted octanol–water partition coefficient (Wildman–Crippen LogP) is 2.98. The fourth-order valence-corrected chi connectivity index (χ4v) is 1.91. The first-order valence-electron chi connectivity index (χ1n) is 5.14. The molecule has 0 saturated heterocycles. The van der Waals surface area contributed by atoms with Gasteiger partial charge in [0.1, 0.15) is 0 Å². The van der Waals surface area contributed by atoms with E-state index in [9.17, 15) is 0 Å². The van der Waals surface area contributed by atoms with Gasteiger partial charge < -0.3 is 0 Å². The molecule has 1 aromatic heterocycles. The van der Waals surface area contributed by atoms with Crippen LogP contribution in [-0.4, -0.2) is 9.78 Å². The molecule has 0 radical (unpaired) electrons. The van der Waals surface area contributed by atoms with E-state index in [1.165, 1.54) is 18.5 Å². The molecule has 1 rings (SSSR count). The van der Waals surface area contributed by atoms with Crippen molar-refractivity contribution in [1.29, 1.82) is 0 Å². The summed E-state index contributed by atoms with van der Waals surface area (Å²) in [7, 11) is 0. The van der Waals surface area contributed by atoms with Crippen molar-refractivity contribution in [3.05, 3.63) is 18.0 Å². The van der Waals surface area contributed by atoms with Crippen molar-refractivity contribution in [3.63, 3.8) is 0 Å². The van der Waals surface area contributed by atoms with Gasteiger partial charge in [0.25, 0.3) is 0 Å². The molecule has 0 aliphatic heterocycles. The first kappa shape index (κ1) is 10.3. The van der Waals surface area contributed by atoms with E-state index in [-0.39, 0.29) is 5.41 Å². The SMILES string of the molecule is CCCC(C)(C)c1ccnn1CC. The highest BCUT2D eigenvalue weighted by atomic mass is 15.3. The molecule has 0 aliphatic rings. The summed E-state index contributed by atoms with van der Waals surface area (Å²) in [6.45, 7) is 9.92. The second kappa shape index (κ2) is 3.95. The van der Waals surface area contributed by atoms with Crippen molar-refractivity contribution < 1.29 is 0 Å². The molecule has 1 heterocycles. The summed E-state index contributed by atoms with van der Waals surface area (Å²) in [5.74, 6) is 0. The topological polar surface area (TPSA) is 17.8 Å². The highest BCUT2D eigenvalue weighted by Crippen LogP contribution is 2.27. The van der Waals surface area contributed by atoms with Crippen molar-refractivity contribution >= 4 is 0 Å². The molecular formula is C11H20N2. The molecule has 0 bridgehead atoms. The van der Waals surface area contributed by atoms with Gasteiger partial charge in [-0.3, -0.25) is 4.68 Å². The van der Waals surface area contributed by atoms with Gasteiger partial charge in [0.2, 0.25) is 0 Å². The van der Waals surface area contributed by atoms with Crippen molar-refractivity contribution in [2.24, 2.45) is 0 Å². The Balaban J connectivity index is 2.91. The summed E-state index contributed by atoms with van der Waals surface area (Å²) < 4.78 is 2.09. The second-order valence-electron chi connectivity index (χ2n) is 4.17. The van der Waals surface area contributed by atoms with Gasteiger partial charge in [-0.1, -0.05) is 27.2 Å². The Morgan fingerprint density at radius 1 is 1.38 bits per heavy atom. The van der Waals surface area contributed by atoms with Crippen molar-refractivity contribution in [3.8, 4) is 0 Å². The van der Waals surface area contributed by atoms with E-state index >= 15 is 0 Å². The minimum Gasteiger partial charge on any atom is -0.269 e. The molecule has 0 N–H and O–H groups in total. The van der Waals surface area contributed by atoms with E-state index in [4.69, 9.17) is 0 Å². The van der Waals surface area contributed by atoms with Crippen LogP contribution in [0.1, 0.15) is 46.2 Å². The molecule has 2 nitrogen and oxygen atoms in total. The highest BCUT2D eigenvalue weighted by Gasteiger charge is 2.22. The molecule has 0 aliphatic carbocycles. The fourth-order valence-electron chi connectivity index (χ4n) is 1.91. The van der Waals surface area contributed by atoms with Gasteiger partial charge in [-0.25, -0.2) is 0 Å². The molecule has 0 atom stereocenters. The van der Waals surface area contributed by atoms with Crippen molar-refractivity contribution in [2.45, 2.75) is 52.5 Å². The third-order valence-corrected chi connectivity index (χ3v) is 2.58. The van der Waals surface area contributed by atoms with Gasteiger partial charge in [0, 0.05) is 23.9 Å². The van der Waals surface area contributed by atoms with E-state index in [1.807, 2.05) is 6.20 Å². The van der Waals surface area contributed by atoms with Crippen LogP contribution in [0.2, 0.25) is 0 Å². The van der Waals surface area contributed by atoms with Crippen LogP contribution in [-0.2, 0) is 12.0 Å². The quantitative estimate of drug-likeness (QED) is 0.696. The Labute approximate surface area is 81.0 Å². The first-order chi connectivity index (χ1) is 6.11. The minimum absolute atomic E-state index is 0.265. The lowest BCUT2D eigenvalue weighted by atomic mass is 9.84. The molecule has 0 spiro atoms. The van der Waals surface area contributed by atoms with E-state index in [2.05, 4.69) is 43.5 Å². The molecule has 2 heteroatoms. The number of aromatic nitrogens is 2. The number of hydrogen-bond donors (Lipinski definition) is 0.